The minimum atomic E-state index is -0.0454. The lowest BCUT2D eigenvalue weighted by Gasteiger charge is -2.30. The number of benzene rings is 1. The smallest absolute Gasteiger partial charge is 0.242 e. The van der Waals surface area contributed by atoms with Gasteiger partial charge in [-0.3, -0.25) is 9.59 Å². The van der Waals surface area contributed by atoms with Gasteiger partial charge in [-0.25, -0.2) is 0 Å². The molecule has 0 N–H and O–H groups in total. The third-order valence-electron chi connectivity index (χ3n) is 5.68. The average Bonchev–Trinajstić information content (AvgIpc) is 3.14. The van der Waals surface area contributed by atoms with E-state index in [4.69, 9.17) is 0 Å². The predicted molar refractivity (Wildman–Crippen MR) is 122 cm³/mol. The molecule has 5 nitrogen and oxygen atoms in total. The van der Waals surface area contributed by atoms with Crippen LogP contribution in [0.4, 0.5) is 0 Å². The van der Waals surface area contributed by atoms with Gasteiger partial charge in [-0.05, 0) is 44.4 Å². The highest BCUT2D eigenvalue weighted by Gasteiger charge is 2.23. The van der Waals surface area contributed by atoms with Crippen molar-refractivity contribution >= 4 is 11.8 Å². The van der Waals surface area contributed by atoms with Crippen LogP contribution in [0.2, 0.25) is 0 Å². The second-order valence-electron chi connectivity index (χ2n) is 8.19. The van der Waals surface area contributed by atoms with Crippen LogP contribution < -0.4 is 0 Å². The number of hydrogen-bond acceptors (Lipinski definition) is 2. The lowest BCUT2D eigenvalue weighted by molar-refractivity contribution is -0.141. The molecule has 0 radical (unpaired) electrons. The molecule has 1 atom stereocenters. The third kappa shape index (κ3) is 6.75. The van der Waals surface area contributed by atoms with Crippen LogP contribution in [0.15, 0.2) is 42.6 Å². The van der Waals surface area contributed by atoms with Gasteiger partial charge < -0.3 is 14.4 Å². The topological polar surface area (TPSA) is 45.6 Å². The largest absolute Gasteiger partial charge is 0.345 e. The zero-order valence-corrected chi connectivity index (χ0v) is 19.2. The second kappa shape index (κ2) is 11.6. The van der Waals surface area contributed by atoms with Crippen LogP contribution in [0.3, 0.4) is 0 Å². The van der Waals surface area contributed by atoms with Crippen LogP contribution in [0, 0.1) is 6.92 Å². The molecule has 0 fully saturated rings. The highest BCUT2D eigenvalue weighted by atomic mass is 16.2. The first kappa shape index (κ1) is 23.7. The molecule has 0 aliphatic carbocycles. The van der Waals surface area contributed by atoms with Crippen molar-refractivity contribution in [2.24, 2.45) is 0 Å². The van der Waals surface area contributed by atoms with Gasteiger partial charge in [0.2, 0.25) is 11.8 Å². The van der Waals surface area contributed by atoms with E-state index in [1.165, 1.54) is 11.1 Å². The molecule has 1 aromatic carbocycles. The monoisotopic (exact) mass is 411 g/mol. The van der Waals surface area contributed by atoms with Gasteiger partial charge in [-0.2, -0.15) is 0 Å². The summed E-state index contributed by atoms with van der Waals surface area (Å²) >= 11 is 0. The maximum atomic E-state index is 13.1. The number of hydrogen-bond donors (Lipinski definition) is 0. The summed E-state index contributed by atoms with van der Waals surface area (Å²) in [5.74, 6) is -0.0294. The molecule has 1 unspecified atom stereocenters. The van der Waals surface area contributed by atoms with E-state index in [1.54, 1.807) is 11.8 Å². The number of aromatic nitrogens is 1. The Kier molecular flexibility index (Phi) is 9.15. The fourth-order valence-corrected chi connectivity index (χ4v) is 3.63. The lowest BCUT2D eigenvalue weighted by atomic mass is 10.1. The van der Waals surface area contributed by atoms with Crippen LogP contribution in [0.1, 0.15) is 63.8 Å². The zero-order chi connectivity index (χ0) is 22.1. The van der Waals surface area contributed by atoms with Crippen LogP contribution in [-0.4, -0.2) is 45.3 Å². The van der Waals surface area contributed by atoms with E-state index in [2.05, 4.69) is 54.9 Å². The van der Waals surface area contributed by atoms with E-state index in [9.17, 15) is 9.59 Å². The van der Waals surface area contributed by atoms with E-state index >= 15 is 0 Å². The Morgan fingerprint density at radius 2 is 1.90 bits per heavy atom. The molecule has 0 spiro atoms. The van der Waals surface area contributed by atoms with E-state index in [0.29, 0.717) is 13.1 Å². The second-order valence-corrected chi connectivity index (χ2v) is 8.19. The maximum absolute atomic E-state index is 13.1. The highest BCUT2D eigenvalue weighted by molar-refractivity contribution is 5.84. The van der Waals surface area contributed by atoms with E-state index < -0.39 is 0 Å². The Morgan fingerprint density at radius 3 is 2.53 bits per heavy atom. The molecule has 2 rings (SSSR count). The van der Waals surface area contributed by atoms with E-state index in [0.717, 1.165) is 31.5 Å². The van der Waals surface area contributed by atoms with Gasteiger partial charge in [0, 0.05) is 37.9 Å². The molecule has 1 heterocycles. The number of rotatable bonds is 11. The number of nitrogens with zero attached hydrogens (tertiary/aromatic N) is 3. The first-order valence-corrected chi connectivity index (χ1v) is 11.1. The first-order valence-electron chi connectivity index (χ1n) is 11.1. The molecule has 30 heavy (non-hydrogen) atoms. The van der Waals surface area contributed by atoms with Crippen molar-refractivity contribution in [1.29, 1.82) is 0 Å². The zero-order valence-electron chi connectivity index (χ0n) is 19.2. The molecule has 2 aromatic rings. The van der Waals surface area contributed by atoms with Crippen molar-refractivity contribution in [1.82, 2.24) is 14.4 Å². The molecule has 0 saturated carbocycles. The summed E-state index contributed by atoms with van der Waals surface area (Å²) in [4.78, 5) is 28.8. The van der Waals surface area contributed by atoms with Crippen molar-refractivity contribution in [2.45, 2.75) is 73.0 Å². The Labute approximate surface area is 181 Å². The van der Waals surface area contributed by atoms with Gasteiger partial charge in [-0.1, -0.05) is 50.1 Å². The minimum Gasteiger partial charge on any atom is -0.345 e. The van der Waals surface area contributed by atoms with Gasteiger partial charge in [0.05, 0.1) is 13.1 Å². The fourth-order valence-electron chi connectivity index (χ4n) is 3.63. The Balaban J connectivity index is 2.15. The molecular formula is C25H37N3O2. The number of carbonyl (C=O) groups excluding carboxylic acids is 2. The summed E-state index contributed by atoms with van der Waals surface area (Å²) in [6.07, 6.45) is 4.88. The molecular weight excluding hydrogens is 374 g/mol. The standard InChI is InChI=1S/C25H37N3O2/c1-6-8-14-27(25(30)19-28(22(5)29)21(4)7-2)18-24-13-10-15-26(24)17-23-12-9-11-20(3)16-23/h9-13,15-16,21H,6-8,14,17-19H2,1-5H3. The summed E-state index contributed by atoms with van der Waals surface area (Å²) in [5, 5.41) is 0. The minimum absolute atomic E-state index is 0.0160. The normalized spacial score (nSPS) is 11.9. The van der Waals surface area contributed by atoms with Crippen LogP contribution in [0.5, 0.6) is 0 Å². The van der Waals surface area contributed by atoms with E-state index in [-0.39, 0.29) is 24.4 Å². The van der Waals surface area contributed by atoms with Gasteiger partial charge >= 0.3 is 0 Å². The third-order valence-corrected chi connectivity index (χ3v) is 5.68. The average molecular weight is 412 g/mol. The SMILES string of the molecule is CCCCN(Cc1cccn1Cc1cccc(C)c1)C(=O)CN(C(C)=O)C(C)CC. The van der Waals surface area contributed by atoms with Gasteiger partial charge in [0.25, 0.3) is 0 Å². The van der Waals surface area contributed by atoms with Crippen LogP contribution in [0.25, 0.3) is 0 Å². The number of aryl methyl sites for hydroxylation is 1. The fraction of sp³-hybridized carbons (Fsp3) is 0.520. The molecule has 0 bridgehead atoms. The van der Waals surface area contributed by atoms with Crippen molar-refractivity contribution in [3.8, 4) is 0 Å². The first-order chi connectivity index (χ1) is 14.3. The lowest BCUT2D eigenvalue weighted by Crippen LogP contribution is -2.46. The molecule has 164 valence electrons. The summed E-state index contributed by atoms with van der Waals surface area (Å²) < 4.78 is 2.21. The molecule has 1 aromatic heterocycles. The molecule has 0 aliphatic heterocycles. The van der Waals surface area contributed by atoms with E-state index in [1.807, 2.05) is 24.8 Å². The summed E-state index contributed by atoms with van der Waals surface area (Å²) in [7, 11) is 0. The number of amides is 2. The van der Waals surface area contributed by atoms with Crippen molar-refractivity contribution in [3.05, 3.63) is 59.4 Å². The Bertz CT molecular complexity index is 827. The van der Waals surface area contributed by atoms with Gasteiger partial charge in [-0.15, -0.1) is 0 Å². The van der Waals surface area contributed by atoms with Crippen LogP contribution >= 0.6 is 0 Å². The highest BCUT2D eigenvalue weighted by Crippen LogP contribution is 2.14. The summed E-state index contributed by atoms with van der Waals surface area (Å²) in [6.45, 7) is 12.0. The van der Waals surface area contributed by atoms with Crippen molar-refractivity contribution in [2.75, 3.05) is 13.1 Å². The number of unbranched alkanes of at least 4 members (excludes halogenated alkanes) is 1. The Morgan fingerprint density at radius 1 is 1.13 bits per heavy atom. The maximum Gasteiger partial charge on any atom is 0.242 e. The summed E-state index contributed by atoms with van der Waals surface area (Å²) in [6, 6.07) is 12.7. The Hall–Kier alpha value is -2.56. The molecule has 0 aliphatic rings. The number of carbonyl (C=O) groups is 2. The van der Waals surface area contributed by atoms with Crippen LogP contribution in [-0.2, 0) is 22.7 Å². The summed E-state index contributed by atoms with van der Waals surface area (Å²) in [5.41, 5.74) is 3.60. The molecule has 5 heteroatoms. The van der Waals surface area contributed by atoms with Gasteiger partial charge in [0.15, 0.2) is 0 Å². The molecule has 2 amide bonds. The molecule has 0 saturated heterocycles. The van der Waals surface area contributed by atoms with Gasteiger partial charge in [0.1, 0.15) is 0 Å². The van der Waals surface area contributed by atoms with Crippen molar-refractivity contribution in [3.63, 3.8) is 0 Å². The van der Waals surface area contributed by atoms with Crippen molar-refractivity contribution < 1.29 is 9.59 Å². The predicted octanol–water partition coefficient (Wildman–Crippen LogP) is 4.62. The quantitative estimate of drug-likeness (QED) is 0.542.